The molecule has 4 heteroatoms. The molecule has 0 radical (unpaired) electrons. The van der Waals surface area contributed by atoms with Crippen molar-refractivity contribution in [3.05, 3.63) is 24.0 Å². The van der Waals surface area contributed by atoms with E-state index in [1.54, 1.807) is 22.8 Å². The van der Waals surface area contributed by atoms with Crippen LogP contribution in [0.2, 0.25) is 0 Å². The van der Waals surface area contributed by atoms with E-state index in [1.165, 1.54) is 57.8 Å². The number of aromatic nitrogens is 3. The van der Waals surface area contributed by atoms with Crippen molar-refractivity contribution in [2.24, 2.45) is 46.8 Å². The van der Waals surface area contributed by atoms with Crippen LogP contribution in [0.15, 0.2) is 24.0 Å². The van der Waals surface area contributed by atoms with Gasteiger partial charge in [0.05, 0.1) is 12.4 Å². The Morgan fingerprint density at radius 2 is 1.81 bits per heavy atom. The third-order valence-electron chi connectivity index (χ3n) is 9.67. The first-order valence-electron chi connectivity index (χ1n) is 12.7. The second kappa shape index (κ2) is 7.61. The summed E-state index contributed by atoms with van der Waals surface area (Å²) in [7, 11) is 0. The molecule has 4 fully saturated rings. The van der Waals surface area contributed by atoms with E-state index in [2.05, 4.69) is 35.0 Å². The molecule has 31 heavy (non-hydrogen) atoms. The van der Waals surface area contributed by atoms with Crippen molar-refractivity contribution in [3.63, 3.8) is 0 Å². The van der Waals surface area contributed by atoms with Gasteiger partial charge in [-0.05, 0) is 93.3 Å². The summed E-state index contributed by atoms with van der Waals surface area (Å²) in [4.78, 5) is 14.7. The number of rotatable bonds is 3. The summed E-state index contributed by atoms with van der Waals surface area (Å²) >= 11 is 0. The second-order valence-electron chi connectivity index (χ2n) is 11.3. The molecule has 1 aromatic heterocycles. The molecular formula is C27H35N3O. The van der Waals surface area contributed by atoms with Crippen molar-refractivity contribution in [1.29, 1.82) is 0 Å². The molecule has 0 amide bonds. The van der Waals surface area contributed by atoms with Gasteiger partial charge < -0.3 is 0 Å². The lowest BCUT2D eigenvalue weighted by molar-refractivity contribution is -0.129. The predicted molar refractivity (Wildman–Crippen MR) is 120 cm³/mol. The van der Waals surface area contributed by atoms with Crippen LogP contribution >= 0.6 is 0 Å². The molecule has 164 valence electrons. The number of nitrogens with zero attached hydrogens (tertiary/aromatic N) is 3. The third-order valence-corrected chi connectivity index (χ3v) is 9.67. The van der Waals surface area contributed by atoms with Gasteiger partial charge in [0.25, 0.3) is 0 Å². The number of carbonyl (C=O) groups excluding carboxylic acids is 1. The quantitative estimate of drug-likeness (QED) is 0.510. The van der Waals surface area contributed by atoms with E-state index >= 15 is 0 Å². The van der Waals surface area contributed by atoms with Crippen LogP contribution < -0.4 is 0 Å². The second-order valence-corrected chi connectivity index (χ2v) is 11.3. The molecule has 6 rings (SSSR count). The zero-order valence-corrected chi connectivity index (χ0v) is 18.8. The summed E-state index contributed by atoms with van der Waals surface area (Å²) < 4.78 is 0. The van der Waals surface area contributed by atoms with Crippen LogP contribution in [0, 0.1) is 58.7 Å². The van der Waals surface area contributed by atoms with Crippen molar-refractivity contribution >= 4 is 5.78 Å². The van der Waals surface area contributed by atoms with Gasteiger partial charge in [-0.2, -0.15) is 15.0 Å². The van der Waals surface area contributed by atoms with Crippen molar-refractivity contribution < 1.29 is 4.79 Å². The molecule has 0 bridgehead atoms. The summed E-state index contributed by atoms with van der Waals surface area (Å²) in [5.41, 5.74) is 1.91. The number of allylic oxidation sites excluding steroid dienone is 2. The van der Waals surface area contributed by atoms with Crippen LogP contribution in [0.3, 0.4) is 0 Å². The summed E-state index contributed by atoms with van der Waals surface area (Å²) in [6.07, 6.45) is 18.5. The van der Waals surface area contributed by atoms with E-state index in [0.29, 0.717) is 24.2 Å². The topological polar surface area (TPSA) is 47.8 Å². The molecule has 5 aliphatic carbocycles. The highest BCUT2D eigenvalue weighted by Crippen LogP contribution is 2.63. The van der Waals surface area contributed by atoms with Crippen LogP contribution in [0.25, 0.3) is 0 Å². The number of fused-ring (bicyclic) bond motifs is 5. The molecule has 0 aromatic carbocycles. The van der Waals surface area contributed by atoms with Crippen molar-refractivity contribution in [2.45, 2.75) is 77.7 Å². The molecule has 7 atom stereocenters. The minimum atomic E-state index is 0.170. The lowest BCUT2D eigenvalue weighted by Gasteiger charge is -2.53. The van der Waals surface area contributed by atoms with Gasteiger partial charge in [-0.15, -0.1) is 0 Å². The molecule has 5 aliphatic rings. The molecular weight excluding hydrogens is 382 g/mol. The van der Waals surface area contributed by atoms with Gasteiger partial charge in [0.2, 0.25) is 0 Å². The summed E-state index contributed by atoms with van der Waals surface area (Å²) in [5, 5.41) is 8.33. The number of hydrogen-bond donors (Lipinski definition) is 0. The largest absolute Gasteiger partial charge is 0.297 e. The molecule has 0 saturated heterocycles. The standard InChI is InChI=1S/C27H35N3O/c1-27-13-12-22-21-8-6-19(5-4-18-2-3-18)16-20(21)7-9-23(22)24(27)10-11-25(27)26(31)17-30-28-14-15-29-30/h7,14-15,18-19,21-25H,2-3,6,8-13,16-17H2,1H3. The Kier molecular flexibility index (Phi) is 4.85. The van der Waals surface area contributed by atoms with Crippen molar-refractivity contribution in [2.75, 3.05) is 0 Å². The number of Topliss-reactive ketones (excluding diaryl/α,β-unsaturated/α-hetero) is 1. The van der Waals surface area contributed by atoms with Gasteiger partial charge in [-0.1, -0.05) is 30.4 Å². The molecule has 0 N–H and O–H groups in total. The Hall–Kier alpha value is -1.89. The van der Waals surface area contributed by atoms with Gasteiger partial charge in [-0.3, -0.25) is 4.79 Å². The van der Waals surface area contributed by atoms with E-state index in [4.69, 9.17) is 0 Å². The molecule has 4 saturated carbocycles. The molecule has 0 spiro atoms. The first-order valence-corrected chi connectivity index (χ1v) is 12.7. The Morgan fingerprint density at radius 1 is 1.03 bits per heavy atom. The summed E-state index contributed by atoms with van der Waals surface area (Å²) in [5.74, 6) is 12.1. The molecule has 1 heterocycles. The van der Waals surface area contributed by atoms with Gasteiger partial charge >= 0.3 is 0 Å². The molecule has 1 aromatic rings. The van der Waals surface area contributed by atoms with Crippen LogP contribution in [0.5, 0.6) is 0 Å². The zero-order chi connectivity index (χ0) is 21.0. The SMILES string of the molecule is CC12CCC3C4CCC(C#CC5CC5)CC4=CCC3C1CCC2C(=O)Cn1nccn1. The zero-order valence-electron chi connectivity index (χ0n) is 18.8. The van der Waals surface area contributed by atoms with Crippen LogP contribution in [-0.4, -0.2) is 20.8 Å². The Morgan fingerprint density at radius 3 is 2.61 bits per heavy atom. The first-order chi connectivity index (χ1) is 15.1. The van der Waals surface area contributed by atoms with Gasteiger partial charge in [0.1, 0.15) is 6.54 Å². The Balaban J connectivity index is 1.17. The lowest BCUT2D eigenvalue weighted by atomic mass is 9.51. The van der Waals surface area contributed by atoms with E-state index in [1.807, 2.05) is 0 Å². The Labute approximate surface area is 186 Å². The minimum absolute atomic E-state index is 0.170. The summed E-state index contributed by atoms with van der Waals surface area (Å²) in [6.45, 7) is 2.77. The molecule has 4 nitrogen and oxygen atoms in total. The maximum absolute atomic E-state index is 13.2. The monoisotopic (exact) mass is 417 g/mol. The average Bonchev–Trinajstić information content (AvgIpc) is 3.33. The highest BCUT2D eigenvalue weighted by Gasteiger charge is 2.57. The van der Waals surface area contributed by atoms with E-state index in [9.17, 15) is 4.79 Å². The number of carbonyl (C=O) groups is 1. The van der Waals surface area contributed by atoms with E-state index in [-0.39, 0.29) is 11.3 Å². The fourth-order valence-electron chi connectivity index (χ4n) is 7.96. The predicted octanol–water partition coefficient (Wildman–Crippen LogP) is 5.07. The summed E-state index contributed by atoms with van der Waals surface area (Å²) in [6, 6.07) is 0. The third kappa shape index (κ3) is 3.49. The van der Waals surface area contributed by atoms with Crippen LogP contribution in [0.4, 0.5) is 0 Å². The van der Waals surface area contributed by atoms with E-state index < -0.39 is 0 Å². The number of hydrogen-bond acceptors (Lipinski definition) is 3. The van der Waals surface area contributed by atoms with Gasteiger partial charge in [-0.25, -0.2) is 0 Å². The minimum Gasteiger partial charge on any atom is -0.297 e. The molecule has 7 unspecified atom stereocenters. The van der Waals surface area contributed by atoms with Crippen molar-refractivity contribution in [1.82, 2.24) is 15.0 Å². The normalized spacial score (nSPS) is 41.3. The maximum atomic E-state index is 13.2. The Bertz CT molecular complexity index is 933. The fraction of sp³-hybridized carbons (Fsp3) is 0.741. The lowest BCUT2D eigenvalue weighted by Crippen LogP contribution is -2.47. The van der Waals surface area contributed by atoms with E-state index in [0.717, 1.165) is 30.1 Å². The number of ketones is 1. The van der Waals surface area contributed by atoms with Gasteiger partial charge in [0, 0.05) is 17.8 Å². The smallest absolute Gasteiger partial charge is 0.159 e. The average molecular weight is 418 g/mol. The maximum Gasteiger partial charge on any atom is 0.159 e. The fourth-order valence-corrected chi connectivity index (χ4v) is 7.96. The van der Waals surface area contributed by atoms with Crippen molar-refractivity contribution in [3.8, 4) is 11.8 Å². The first kappa shape index (κ1) is 19.8. The highest BCUT2D eigenvalue weighted by molar-refractivity contribution is 5.82. The van der Waals surface area contributed by atoms with Gasteiger partial charge in [0.15, 0.2) is 5.78 Å². The van der Waals surface area contributed by atoms with Crippen LogP contribution in [-0.2, 0) is 11.3 Å². The molecule has 0 aliphatic heterocycles. The highest BCUT2D eigenvalue weighted by atomic mass is 16.1. The van der Waals surface area contributed by atoms with Crippen LogP contribution in [0.1, 0.15) is 71.1 Å².